The van der Waals surface area contributed by atoms with Crippen molar-refractivity contribution in [3.05, 3.63) is 35.9 Å². The molecule has 0 spiro atoms. The Morgan fingerprint density at radius 1 is 1.20 bits per heavy atom. The van der Waals surface area contributed by atoms with Gasteiger partial charge in [-0.3, -0.25) is 9.69 Å². The number of alkyl halides is 1. The first-order valence-corrected chi connectivity index (χ1v) is 8.73. The van der Waals surface area contributed by atoms with Crippen LogP contribution in [-0.2, 0) is 9.53 Å². The molecule has 5 nitrogen and oxygen atoms in total. The van der Waals surface area contributed by atoms with Crippen LogP contribution in [0.15, 0.2) is 30.3 Å². The normalized spacial score (nSPS) is 28.6. The van der Waals surface area contributed by atoms with Crippen LogP contribution in [0.25, 0.3) is 0 Å². The molecule has 1 aliphatic heterocycles. The van der Waals surface area contributed by atoms with Crippen molar-refractivity contribution in [2.45, 2.75) is 63.4 Å². The Labute approximate surface area is 147 Å². The average Bonchev–Trinajstić information content (AvgIpc) is 3.17. The van der Waals surface area contributed by atoms with E-state index >= 15 is 0 Å². The number of nitrogens with zero attached hydrogens (tertiary/aromatic N) is 1. The van der Waals surface area contributed by atoms with Gasteiger partial charge in [-0.1, -0.05) is 30.3 Å². The number of rotatable bonds is 3. The van der Waals surface area contributed by atoms with Crippen LogP contribution in [0.1, 0.15) is 45.1 Å². The zero-order valence-corrected chi connectivity index (χ0v) is 14.9. The minimum atomic E-state index is -1.20. The largest absolute Gasteiger partial charge is 0.444 e. The van der Waals surface area contributed by atoms with Gasteiger partial charge < -0.3 is 10.1 Å². The lowest BCUT2D eigenvalue weighted by atomic mass is 10.1. The molecule has 1 aromatic rings. The van der Waals surface area contributed by atoms with Gasteiger partial charge in [0.05, 0.1) is 6.54 Å². The minimum absolute atomic E-state index is 0.0216. The number of benzene rings is 1. The van der Waals surface area contributed by atoms with Gasteiger partial charge in [0.25, 0.3) is 0 Å². The van der Waals surface area contributed by atoms with Gasteiger partial charge in [-0.2, -0.15) is 0 Å². The number of hydrogen-bond acceptors (Lipinski definition) is 3. The van der Waals surface area contributed by atoms with Crippen molar-refractivity contribution in [2.75, 3.05) is 6.54 Å². The van der Waals surface area contributed by atoms with E-state index in [1.165, 1.54) is 10.5 Å². The predicted molar refractivity (Wildman–Crippen MR) is 92.0 cm³/mol. The van der Waals surface area contributed by atoms with E-state index in [0.717, 1.165) is 6.42 Å². The maximum Gasteiger partial charge on any atom is 0.411 e. The van der Waals surface area contributed by atoms with Crippen molar-refractivity contribution in [3.8, 4) is 0 Å². The fourth-order valence-corrected chi connectivity index (χ4v) is 3.26. The first-order valence-electron chi connectivity index (χ1n) is 8.73. The van der Waals surface area contributed by atoms with Crippen molar-refractivity contribution >= 4 is 12.0 Å². The van der Waals surface area contributed by atoms with E-state index in [1.807, 2.05) is 30.3 Å². The third-order valence-electron chi connectivity index (χ3n) is 4.53. The highest BCUT2D eigenvalue weighted by molar-refractivity contribution is 5.87. The molecule has 1 saturated carbocycles. The number of carbonyl (C=O) groups excluding carboxylic acids is 2. The van der Waals surface area contributed by atoms with Crippen LogP contribution in [0.2, 0.25) is 0 Å². The molecule has 0 radical (unpaired) electrons. The van der Waals surface area contributed by atoms with Crippen LogP contribution in [0.3, 0.4) is 0 Å². The monoisotopic (exact) mass is 348 g/mol. The fraction of sp³-hybridized carbons (Fsp3) is 0.579. The molecule has 2 aliphatic rings. The molecule has 136 valence electrons. The Balaban J connectivity index is 1.60. The topological polar surface area (TPSA) is 58.6 Å². The maximum absolute atomic E-state index is 13.8. The first-order chi connectivity index (χ1) is 11.7. The highest BCUT2D eigenvalue weighted by atomic mass is 19.1. The molecule has 1 aromatic carbocycles. The van der Waals surface area contributed by atoms with Crippen molar-refractivity contribution in [1.29, 1.82) is 0 Å². The maximum atomic E-state index is 13.8. The van der Waals surface area contributed by atoms with Crippen molar-refractivity contribution in [3.63, 3.8) is 0 Å². The van der Waals surface area contributed by atoms with Crippen LogP contribution in [0, 0.1) is 0 Å². The van der Waals surface area contributed by atoms with E-state index in [9.17, 15) is 14.0 Å². The van der Waals surface area contributed by atoms with E-state index < -0.39 is 23.9 Å². The third-order valence-corrected chi connectivity index (χ3v) is 4.53. The van der Waals surface area contributed by atoms with Gasteiger partial charge in [0.15, 0.2) is 0 Å². The lowest BCUT2D eigenvalue weighted by Gasteiger charge is -2.27. The van der Waals surface area contributed by atoms with E-state index in [-0.39, 0.29) is 24.9 Å². The van der Waals surface area contributed by atoms with E-state index in [2.05, 4.69) is 5.32 Å². The molecule has 1 saturated heterocycles. The molecule has 0 bridgehead atoms. The summed E-state index contributed by atoms with van der Waals surface area (Å²) in [4.78, 5) is 26.1. The second-order valence-corrected chi connectivity index (χ2v) is 7.85. The molecule has 0 unspecified atom stereocenters. The smallest absolute Gasteiger partial charge is 0.411 e. The average molecular weight is 348 g/mol. The molecule has 2 amide bonds. The number of halogens is 1. The number of hydrogen-bond donors (Lipinski definition) is 1. The van der Waals surface area contributed by atoms with Gasteiger partial charge in [-0.05, 0) is 32.8 Å². The molecule has 4 atom stereocenters. The summed E-state index contributed by atoms with van der Waals surface area (Å²) in [5, 5.41) is 2.96. The third kappa shape index (κ3) is 4.30. The number of nitrogens with one attached hydrogen (secondary N) is 1. The Hall–Kier alpha value is -2.11. The Morgan fingerprint density at radius 2 is 1.88 bits per heavy atom. The molecule has 1 N–H and O–H groups in total. The van der Waals surface area contributed by atoms with Gasteiger partial charge in [0, 0.05) is 18.4 Å². The summed E-state index contributed by atoms with van der Waals surface area (Å²) in [5.41, 5.74) is 0.507. The summed E-state index contributed by atoms with van der Waals surface area (Å²) in [5.74, 6) is -0.00264. The first kappa shape index (κ1) is 17.7. The highest BCUT2D eigenvalue weighted by Gasteiger charge is 2.45. The van der Waals surface area contributed by atoms with Gasteiger partial charge in [-0.25, -0.2) is 9.18 Å². The summed E-state index contributed by atoms with van der Waals surface area (Å²) < 4.78 is 19.1. The minimum Gasteiger partial charge on any atom is -0.444 e. The van der Waals surface area contributed by atoms with Crippen LogP contribution in [0.5, 0.6) is 0 Å². The molecule has 25 heavy (non-hydrogen) atoms. The standard InChI is InChI=1S/C19H25FN2O3/c1-19(2,3)25-18(24)22-11-13(20)9-16(22)17(23)21-15-10-14(15)12-7-5-4-6-8-12/h4-8,13-16H,9-11H2,1-3H3,(H,21,23)/t13-,14-,15+,16+/m1/s1. The zero-order chi connectivity index (χ0) is 18.2. The molecule has 1 heterocycles. The number of likely N-dealkylation sites (tertiary alicyclic amines) is 1. The quantitative estimate of drug-likeness (QED) is 0.913. The van der Waals surface area contributed by atoms with Gasteiger partial charge in [-0.15, -0.1) is 0 Å². The summed E-state index contributed by atoms with van der Waals surface area (Å²) in [7, 11) is 0. The molecule has 6 heteroatoms. The van der Waals surface area contributed by atoms with E-state index in [4.69, 9.17) is 4.74 Å². The van der Waals surface area contributed by atoms with Crippen LogP contribution in [0.4, 0.5) is 9.18 Å². The summed E-state index contributed by atoms with van der Waals surface area (Å²) in [6.45, 7) is 5.15. The predicted octanol–water partition coefficient (Wildman–Crippen LogP) is 3.01. The lowest BCUT2D eigenvalue weighted by molar-refractivity contribution is -0.125. The van der Waals surface area contributed by atoms with Gasteiger partial charge >= 0.3 is 6.09 Å². The Kier molecular flexibility index (Phi) is 4.71. The zero-order valence-electron chi connectivity index (χ0n) is 14.9. The molecule has 3 rings (SSSR count). The SMILES string of the molecule is CC(C)(C)OC(=O)N1C[C@H](F)C[C@H]1C(=O)N[C@H]1C[C@@H]1c1ccccc1. The van der Waals surface area contributed by atoms with Crippen molar-refractivity contribution in [2.24, 2.45) is 0 Å². The van der Waals surface area contributed by atoms with Crippen LogP contribution < -0.4 is 5.32 Å². The summed E-state index contributed by atoms with van der Waals surface area (Å²) >= 11 is 0. The second-order valence-electron chi connectivity index (χ2n) is 7.85. The van der Waals surface area contributed by atoms with Gasteiger partial charge in [0.2, 0.25) is 5.91 Å². The van der Waals surface area contributed by atoms with E-state index in [1.54, 1.807) is 20.8 Å². The van der Waals surface area contributed by atoms with Crippen LogP contribution in [-0.4, -0.2) is 47.3 Å². The summed E-state index contributed by atoms with van der Waals surface area (Å²) in [6.07, 6.45) is -0.947. The molecule has 2 fully saturated rings. The van der Waals surface area contributed by atoms with Crippen molar-refractivity contribution < 1.29 is 18.7 Å². The molecule has 1 aliphatic carbocycles. The molecule has 0 aromatic heterocycles. The second kappa shape index (κ2) is 6.65. The summed E-state index contributed by atoms with van der Waals surface area (Å²) in [6, 6.07) is 9.23. The lowest BCUT2D eigenvalue weighted by Crippen LogP contribution is -2.48. The molecular weight excluding hydrogens is 323 g/mol. The number of carbonyl (C=O) groups is 2. The van der Waals surface area contributed by atoms with Gasteiger partial charge in [0.1, 0.15) is 17.8 Å². The Morgan fingerprint density at radius 3 is 2.52 bits per heavy atom. The fourth-order valence-electron chi connectivity index (χ4n) is 3.26. The molecular formula is C19H25FN2O3. The van der Waals surface area contributed by atoms with Crippen LogP contribution >= 0.6 is 0 Å². The van der Waals surface area contributed by atoms with E-state index in [0.29, 0.717) is 5.92 Å². The number of amides is 2. The highest BCUT2D eigenvalue weighted by Crippen LogP contribution is 2.40. The number of ether oxygens (including phenoxy) is 1. The van der Waals surface area contributed by atoms with Crippen molar-refractivity contribution in [1.82, 2.24) is 10.2 Å². The Bertz CT molecular complexity index is 644.